The van der Waals surface area contributed by atoms with Gasteiger partial charge in [-0.25, -0.2) is 4.76 Å². The first kappa shape index (κ1) is 21.4. The van der Waals surface area contributed by atoms with E-state index in [2.05, 4.69) is 16.2 Å². The van der Waals surface area contributed by atoms with Crippen LogP contribution in [0.25, 0.3) is 5.69 Å². The van der Waals surface area contributed by atoms with Crippen LogP contribution >= 0.6 is 28.7 Å². The molecule has 0 saturated carbocycles. The fourth-order valence-electron chi connectivity index (χ4n) is 3.75. The van der Waals surface area contributed by atoms with Gasteiger partial charge in [0.2, 0.25) is 5.78 Å². The van der Waals surface area contributed by atoms with Crippen molar-refractivity contribution in [3.8, 4) is 5.69 Å². The van der Waals surface area contributed by atoms with Gasteiger partial charge in [-0.3, -0.25) is 4.79 Å². The van der Waals surface area contributed by atoms with Gasteiger partial charge in [0.25, 0.3) is 0 Å². The van der Waals surface area contributed by atoms with E-state index in [-0.39, 0.29) is 5.78 Å². The highest BCUT2D eigenvalue weighted by Crippen LogP contribution is 2.67. The molecule has 2 heterocycles. The highest BCUT2D eigenvalue weighted by molar-refractivity contribution is 8.70. The van der Waals surface area contributed by atoms with Crippen molar-refractivity contribution in [2.24, 2.45) is 4.76 Å². The summed E-state index contributed by atoms with van der Waals surface area (Å²) >= 11 is 9.20. The summed E-state index contributed by atoms with van der Waals surface area (Å²) in [5.41, 5.74) is 2.89. The van der Waals surface area contributed by atoms with Crippen LogP contribution in [0.4, 0.5) is 5.69 Å². The Morgan fingerprint density at radius 1 is 1.03 bits per heavy atom. The highest BCUT2D eigenvalue weighted by atomic mass is 32.9. The Morgan fingerprint density at radius 3 is 2.20 bits per heavy atom. The summed E-state index contributed by atoms with van der Waals surface area (Å²) < 4.78 is 9.12. The van der Waals surface area contributed by atoms with Gasteiger partial charge in [0.1, 0.15) is 10.7 Å². The molecule has 0 spiro atoms. The molecule has 0 aliphatic carbocycles. The second-order valence-electron chi connectivity index (χ2n) is 6.83. The molecule has 4 nitrogen and oxygen atoms in total. The predicted molar refractivity (Wildman–Crippen MR) is 137 cm³/mol. The fraction of sp³-hybridized carbons (Fsp3) is 0.182. The number of hydrogen-bond donors (Lipinski definition) is 0. The highest BCUT2D eigenvalue weighted by Gasteiger charge is 2.39. The van der Waals surface area contributed by atoms with Crippen molar-refractivity contribution in [3.05, 3.63) is 83.2 Å². The largest absolute Gasteiger partial charge is 0.320 e. The third-order valence-electron chi connectivity index (χ3n) is 5.21. The predicted octanol–water partition coefficient (Wildman–Crippen LogP) is 6.16. The maximum absolute atomic E-state index is 13.8. The van der Waals surface area contributed by atoms with Crippen LogP contribution in [0.15, 0.2) is 65.4 Å². The molecule has 0 fully saturated rings. The van der Waals surface area contributed by atoms with Crippen molar-refractivity contribution >= 4 is 57.0 Å². The number of thioether (sulfide) groups is 1. The molecular weight excluding hydrogens is 449 g/mol. The SMILES string of the molecule is CSC1=NP(=S)(SC)N(C)c2c1c(C)n(-c1ccccc1)c2C(=O)c1ccccc1. The molecule has 0 N–H and O–H groups in total. The van der Waals surface area contributed by atoms with Crippen molar-refractivity contribution in [3.63, 3.8) is 0 Å². The van der Waals surface area contributed by atoms with Gasteiger partial charge in [0.15, 0.2) is 5.54 Å². The summed E-state index contributed by atoms with van der Waals surface area (Å²) in [6.45, 7) is 2.06. The second-order valence-corrected chi connectivity index (χ2v) is 14.6. The van der Waals surface area contributed by atoms with Gasteiger partial charge in [0, 0.05) is 24.0 Å². The normalized spacial score (nSPS) is 18.1. The Morgan fingerprint density at radius 2 is 1.63 bits per heavy atom. The number of carbonyl (C=O) groups is 1. The molecule has 0 saturated heterocycles. The van der Waals surface area contributed by atoms with Crippen molar-refractivity contribution in [2.75, 3.05) is 24.2 Å². The smallest absolute Gasteiger partial charge is 0.211 e. The minimum Gasteiger partial charge on any atom is -0.320 e. The maximum atomic E-state index is 13.8. The van der Waals surface area contributed by atoms with Gasteiger partial charge in [-0.15, -0.1) is 11.8 Å². The third-order valence-corrected chi connectivity index (χ3v) is 12.6. The Kier molecular flexibility index (Phi) is 5.99. The number of para-hydroxylation sites is 1. The van der Waals surface area contributed by atoms with E-state index in [0.717, 1.165) is 27.7 Å². The zero-order chi connectivity index (χ0) is 21.5. The van der Waals surface area contributed by atoms with E-state index in [0.29, 0.717) is 11.3 Å². The van der Waals surface area contributed by atoms with E-state index in [1.54, 1.807) is 23.1 Å². The van der Waals surface area contributed by atoms with Crippen LogP contribution < -0.4 is 4.67 Å². The second kappa shape index (κ2) is 8.39. The lowest BCUT2D eigenvalue weighted by atomic mass is 10.1. The number of anilines is 1. The monoisotopic (exact) mass is 471 g/mol. The van der Waals surface area contributed by atoms with Crippen LogP contribution in [-0.2, 0) is 11.8 Å². The lowest BCUT2D eigenvalue weighted by Crippen LogP contribution is -2.21. The number of carbonyl (C=O) groups excluding carboxylic acids is 1. The molecule has 154 valence electrons. The van der Waals surface area contributed by atoms with Crippen molar-refractivity contribution in [1.29, 1.82) is 0 Å². The maximum Gasteiger partial charge on any atom is 0.211 e. The molecule has 3 aromatic rings. The molecular formula is C22H22N3OPS3. The fourth-order valence-corrected chi connectivity index (χ4v) is 8.38. The summed E-state index contributed by atoms with van der Waals surface area (Å²) in [6, 6.07) is 19.5. The zero-order valence-electron chi connectivity index (χ0n) is 17.2. The minimum atomic E-state index is -2.26. The molecule has 4 rings (SSSR count). The lowest BCUT2D eigenvalue weighted by molar-refractivity contribution is 0.103. The standard InChI is InChI=1S/C22H22N3OPS3/c1-15-18-19(24(2)27(28,30-4)23-22(18)29-3)20(21(26)16-11-7-5-8-12-16)25(15)17-13-9-6-10-14-17/h5-14H,1-4H3. The number of benzene rings is 2. The molecule has 0 bridgehead atoms. The third kappa shape index (κ3) is 3.38. The molecule has 0 amide bonds. The van der Waals surface area contributed by atoms with E-state index in [4.69, 9.17) is 16.6 Å². The number of ketones is 1. The van der Waals surface area contributed by atoms with Gasteiger partial charge in [-0.2, -0.15) is 0 Å². The van der Waals surface area contributed by atoms with Gasteiger partial charge < -0.3 is 9.24 Å². The average Bonchev–Trinajstić information content (AvgIpc) is 3.10. The topological polar surface area (TPSA) is 37.6 Å². The molecule has 0 radical (unpaired) electrons. The quantitative estimate of drug-likeness (QED) is 0.336. The minimum absolute atomic E-state index is 0.0133. The number of nitrogens with zero attached hydrogens (tertiary/aromatic N) is 3. The molecule has 1 aliphatic heterocycles. The molecule has 8 heteroatoms. The van der Waals surface area contributed by atoms with E-state index in [1.165, 1.54) is 0 Å². The van der Waals surface area contributed by atoms with Crippen LogP contribution in [0.2, 0.25) is 0 Å². The van der Waals surface area contributed by atoms with Crippen LogP contribution in [-0.4, -0.2) is 35.0 Å². The van der Waals surface area contributed by atoms with Crippen molar-refractivity contribution in [1.82, 2.24) is 4.57 Å². The van der Waals surface area contributed by atoms with E-state index < -0.39 is 5.54 Å². The number of rotatable bonds is 4. The van der Waals surface area contributed by atoms with Gasteiger partial charge in [-0.1, -0.05) is 59.9 Å². The Balaban J connectivity index is 2.10. The first-order valence-corrected chi connectivity index (χ1v) is 15.1. The van der Waals surface area contributed by atoms with Crippen LogP contribution in [0.3, 0.4) is 0 Å². The van der Waals surface area contributed by atoms with Crippen LogP contribution in [0.1, 0.15) is 27.3 Å². The Labute approximate surface area is 190 Å². The van der Waals surface area contributed by atoms with Gasteiger partial charge in [-0.05, 0) is 43.4 Å². The molecule has 1 atom stereocenters. The van der Waals surface area contributed by atoms with E-state index >= 15 is 0 Å². The van der Waals surface area contributed by atoms with Crippen LogP contribution in [0.5, 0.6) is 0 Å². The molecule has 1 aromatic heterocycles. The molecule has 1 aliphatic rings. The first-order chi connectivity index (χ1) is 14.4. The number of hydrogen-bond acceptors (Lipinski definition) is 4. The summed E-state index contributed by atoms with van der Waals surface area (Å²) in [5.74, 6) is -0.0133. The van der Waals surface area contributed by atoms with E-state index in [1.807, 2.05) is 80.2 Å². The van der Waals surface area contributed by atoms with Gasteiger partial charge >= 0.3 is 0 Å². The van der Waals surface area contributed by atoms with Gasteiger partial charge in [0.05, 0.1) is 11.3 Å². The summed E-state index contributed by atoms with van der Waals surface area (Å²) in [4.78, 5) is 13.8. The molecule has 30 heavy (non-hydrogen) atoms. The number of aromatic nitrogens is 1. The van der Waals surface area contributed by atoms with Crippen LogP contribution in [0, 0.1) is 6.92 Å². The Bertz CT molecular complexity index is 1190. The molecule has 2 aromatic carbocycles. The average molecular weight is 472 g/mol. The van der Waals surface area contributed by atoms with Crippen molar-refractivity contribution < 1.29 is 4.79 Å². The summed E-state index contributed by atoms with van der Waals surface area (Å²) in [6.07, 6.45) is 4.02. The molecule has 1 unspecified atom stereocenters. The summed E-state index contributed by atoms with van der Waals surface area (Å²) in [7, 11) is 1.98. The van der Waals surface area contributed by atoms with E-state index in [9.17, 15) is 4.79 Å². The first-order valence-electron chi connectivity index (χ1n) is 9.38. The lowest BCUT2D eigenvalue weighted by Gasteiger charge is -2.34. The zero-order valence-corrected chi connectivity index (χ0v) is 20.5. The van der Waals surface area contributed by atoms with Crippen molar-refractivity contribution in [2.45, 2.75) is 6.92 Å². The summed E-state index contributed by atoms with van der Waals surface area (Å²) in [5, 5.41) is 0.912. The number of fused-ring (bicyclic) bond motifs is 1. The Hall–Kier alpha value is -1.79.